The first-order chi connectivity index (χ1) is 10.7. The van der Waals surface area contributed by atoms with Gasteiger partial charge >= 0.3 is 0 Å². The van der Waals surface area contributed by atoms with Gasteiger partial charge in [0.05, 0.1) is 13.7 Å². The van der Waals surface area contributed by atoms with Crippen molar-refractivity contribution in [2.45, 2.75) is 0 Å². The van der Waals surface area contributed by atoms with Gasteiger partial charge in [0.25, 0.3) is 0 Å². The summed E-state index contributed by atoms with van der Waals surface area (Å²) in [6.07, 6.45) is 0. The molecule has 116 valence electrons. The van der Waals surface area contributed by atoms with E-state index in [1.165, 1.54) is 0 Å². The van der Waals surface area contributed by atoms with Crippen molar-refractivity contribution in [3.8, 4) is 11.5 Å². The van der Waals surface area contributed by atoms with Crippen LogP contribution < -0.4 is 20.5 Å². The Labute approximate surface area is 130 Å². The maximum absolute atomic E-state index is 11.9. The third-order valence-corrected chi connectivity index (χ3v) is 3.13. The molecule has 0 amide bonds. The Kier molecular flexibility index (Phi) is 5.80. The Morgan fingerprint density at radius 1 is 1.05 bits per heavy atom. The number of nitrogen functional groups attached to an aromatic ring is 1. The lowest BCUT2D eigenvalue weighted by molar-refractivity contribution is 0.0990. The molecule has 0 aliphatic heterocycles. The second-order valence-corrected chi connectivity index (χ2v) is 4.75. The molecule has 0 radical (unpaired) electrons. The summed E-state index contributed by atoms with van der Waals surface area (Å²) in [6.45, 7) is 1.35. The molecule has 2 aromatic rings. The maximum Gasteiger partial charge on any atom is 0.176 e. The molecule has 0 bridgehead atoms. The third kappa shape index (κ3) is 4.79. The van der Waals surface area contributed by atoms with E-state index < -0.39 is 0 Å². The first kappa shape index (κ1) is 15.9. The topological polar surface area (TPSA) is 73.6 Å². The van der Waals surface area contributed by atoms with Gasteiger partial charge in [-0.05, 0) is 48.5 Å². The van der Waals surface area contributed by atoms with Crippen molar-refractivity contribution in [2.24, 2.45) is 0 Å². The summed E-state index contributed by atoms with van der Waals surface area (Å²) in [5.74, 6) is 1.59. The minimum Gasteiger partial charge on any atom is -0.497 e. The number of hydrogen-bond acceptors (Lipinski definition) is 5. The molecule has 0 aromatic heterocycles. The summed E-state index contributed by atoms with van der Waals surface area (Å²) in [5, 5.41) is 3.06. The fourth-order valence-corrected chi connectivity index (χ4v) is 1.89. The molecule has 5 heteroatoms. The highest BCUT2D eigenvalue weighted by Gasteiger charge is 2.04. The molecule has 5 nitrogen and oxygen atoms in total. The number of rotatable bonds is 8. The van der Waals surface area contributed by atoms with Gasteiger partial charge in [0.1, 0.15) is 18.1 Å². The van der Waals surface area contributed by atoms with E-state index in [0.29, 0.717) is 24.4 Å². The molecular formula is C17H20N2O3. The lowest BCUT2D eigenvalue weighted by atomic mass is 10.1. The molecule has 22 heavy (non-hydrogen) atoms. The lowest BCUT2D eigenvalue weighted by Gasteiger charge is -2.08. The average molecular weight is 300 g/mol. The average Bonchev–Trinajstić information content (AvgIpc) is 2.55. The van der Waals surface area contributed by atoms with Crippen LogP contribution >= 0.6 is 0 Å². The van der Waals surface area contributed by atoms with Crippen molar-refractivity contribution in [1.29, 1.82) is 0 Å². The van der Waals surface area contributed by atoms with Crippen molar-refractivity contribution in [3.63, 3.8) is 0 Å². The van der Waals surface area contributed by atoms with Crippen molar-refractivity contribution >= 4 is 11.5 Å². The van der Waals surface area contributed by atoms with Crippen LogP contribution in [0.1, 0.15) is 10.4 Å². The molecule has 0 aliphatic rings. The smallest absolute Gasteiger partial charge is 0.176 e. The van der Waals surface area contributed by atoms with Crippen molar-refractivity contribution in [3.05, 3.63) is 54.1 Å². The van der Waals surface area contributed by atoms with Gasteiger partial charge in [-0.25, -0.2) is 0 Å². The molecule has 0 saturated heterocycles. The highest BCUT2D eigenvalue weighted by molar-refractivity contribution is 5.97. The zero-order valence-electron chi connectivity index (χ0n) is 12.5. The Hall–Kier alpha value is -2.53. The van der Waals surface area contributed by atoms with Crippen molar-refractivity contribution in [2.75, 3.05) is 32.5 Å². The molecule has 0 unspecified atom stereocenters. The van der Waals surface area contributed by atoms with Crippen LogP contribution in [0.5, 0.6) is 11.5 Å². The molecule has 0 heterocycles. The number of ketones is 1. The Morgan fingerprint density at radius 3 is 2.32 bits per heavy atom. The van der Waals surface area contributed by atoms with Crippen molar-refractivity contribution < 1.29 is 14.3 Å². The van der Waals surface area contributed by atoms with Crippen LogP contribution in [-0.4, -0.2) is 32.6 Å². The summed E-state index contributed by atoms with van der Waals surface area (Å²) >= 11 is 0. The van der Waals surface area contributed by atoms with Gasteiger partial charge in [-0.2, -0.15) is 0 Å². The number of hydrogen-bond donors (Lipinski definition) is 2. The van der Waals surface area contributed by atoms with Gasteiger partial charge in [-0.3, -0.25) is 4.79 Å². The molecule has 0 aliphatic carbocycles. The molecule has 0 fully saturated rings. The van der Waals surface area contributed by atoms with Gasteiger partial charge in [0, 0.05) is 17.8 Å². The monoisotopic (exact) mass is 300 g/mol. The summed E-state index contributed by atoms with van der Waals surface area (Å²) in [7, 11) is 1.62. The molecule has 0 saturated carbocycles. The molecule has 0 spiro atoms. The van der Waals surface area contributed by atoms with Gasteiger partial charge in [0.2, 0.25) is 0 Å². The fourth-order valence-electron chi connectivity index (χ4n) is 1.89. The van der Waals surface area contributed by atoms with E-state index in [-0.39, 0.29) is 12.3 Å². The number of ether oxygens (including phenoxy) is 2. The van der Waals surface area contributed by atoms with E-state index in [0.717, 1.165) is 11.5 Å². The van der Waals surface area contributed by atoms with E-state index >= 15 is 0 Å². The van der Waals surface area contributed by atoms with Crippen LogP contribution in [0.4, 0.5) is 5.69 Å². The van der Waals surface area contributed by atoms with E-state index in [1.807, 2.05) is 24.3 Å². The lowest BCUT2D eigenvalue weighted by Crippen LogP contribution is -2.27. The highest BCUT2D eigenvalue weighted by Crippen LogP contribution is 2.16. The minimum absolute atomic E-state index is 0.0319. The second kappa shape index (κ2) is 8.05. The number of anilines is 1. The minimum atomic E-state index is 0.0319. The number of nitrogens with one attached hydrogen (secondary N) is 1. The number of nitrogens with two attached hydrogens (primary N) is 1. The Balaban J connectivity index is 1.66. The van der Waals surface area contributed by atoms with Crippen molar-refractivity contribution in [1.82, 2.24) is 5.32 Å². The van der Waals surface area contributed by atoms with Crippen LogP contribution in [0, 0.1) is 0 Å². The number of benzene rings is 2. The summed E-state index contributed by atoms with van der Waals surface area (Å²) in [4.78, 5) is 11.9. The standard InChI is InChI=1S/C17H20N2O3/c1-21-15-6-8-16(9-7-15)22-11-10-19-12-17(20)13-2-4-14(18)5-3-13/h2-9,19H,10-12,18H2,1H3. The van der Waals surface area contributed by atoms with Gasteiger partial charge in [-0.1, -0.05) is 0 Å². The second-order valence-electron chi connectivity index (χ2n) is 4.75. The fraction of sp³-hybridized carbons (Fsp3) is 0.235. The number of methoxy groups -OCH3 is 1. The van der Waals surface area contributed by atoms with Gasteiger partial charge in [-0.15, -0.1) is 0 Å². The SMILES string of the molecule is COc1ccc(OCCNCC(=O)c2ccc(N)cc2)cc1. The number of carbonyl (C=O) groups is 1. The molecule has 2 rings (SSSR count). The van der Waals surface area contributed by atoms with Crippen LogP contribution in [0.2, 0.25) is 0 Å². The van der Waals surface area contributed by atoms with Gasteiger partial charge in [0.15, 0.2) is 5.78 Å². The normalized spacial score (nSPS) is 10.2. The predicted octanol–water partition coefficient (Wildman–Crippen LogP) is 2.13. The largest absolute Gasteiger partial charge is 0.497 e. The summed E-state index contributed by atoms with van der Waals surface area (Å²) in [6, 6.07) is 14.3. The third-order valence-electron chi connectivity index (χ3n) is 3.13. The Bertz CT molecular complexity index is 594. The predicted molar refractivity (Wildman–Crippen MR) is 86.5 cm³/mol. The van der Waals surface area contributed by atoms with Gasteiger partial charge < -0.3 is 20.5 Å². The van der Waals surface area contributed by atoms with Crippen LogP contribution in [-0.2, 0) is 0 Å². The quantitative estimate of drug-likeness (QED) is 0.444. The number of carbonyl (C=O) groups excluding carboxylic acids is 1. The zero-order chi connectivity index (χ0) is 15.8. The molecular weight excluding hydrogens is 280 g/mol. The first-order valence-corrected chi connectivity index (χ1v) is 7.05. The summed E-state index contributed by atoms with van der Waals surface area (Å²) in [5.41, 5.74) is 6.89. The van der Waals surface area contributed by atoms with Crippen LogP contribution in [0.15, 0.2) is 48.5 Å². The van der Waals surface area contributed by atoms with E-state index in [4.69, 9.17) is 15.2 Å². The zero-order valence-corrected chi connectivity index (χ0v) is 12.5. The van der Waals surface area contributed by atoms with E-state index in [9.17, 15) is 4.79 Å². The maximum atomic E-state index is 11.9. The molecule has 2 aromatic carbocycles. The Morgan fingerprint density at radius 2 is 1.68 bits per heavy atom. The van der Waals surface area contributed by atoms with Crippen LogP contribution in [0.25, 0.3) is 0 Å². The van der Waals surface area contributed by atoms with E-state index in [1.54, 1.807) is 31.4 Å². The molecule has 3 N–H and O–H groups in total. The van der Waals surface area contributed by atoms with E-state index in [2.05, 4.69) is 5.32 Å². The van der Waals surface area contributed by atoms with Crippen LogP contribution in [0.3, 0.4) is 0 Å². The molecule has 0 atom stereocenters. The summed E-state index contributed by atoms with van der Waals surface area (Å²) < 4.78 is 10.6. The first-order valence-electron chi connectivity index (χ1n) is 7.05. The highest BCUT2D eigenvalue weighted by atomic mass is 16.5. The number of Topliss-reactive ketones (excluding diaryl/α,β-unsaturated/α-hetero) is 1.